The Hall–Kier alpha value is -1.15. The fraction of sp³-hybridized carbons (Fsp3) is 0.471. The van der Waals surface area contributed by atoms with Crippen molar-refractivity contribution < 1.29 is 0 Å². The Kier molecular flexibility index (Phi) is 9.92. The molecule has 36 heavy (non-hydrogen) atoms. The van der Waals surface area contributed by atoms with E-state index < -0.39 is 0 Å². The zero-order valence-electron chi connectivity index (χ0n) is 24.8. The average Bonchev–Trinajstić information content (AvgIpc) is 2.86. The van der Waals surface area contributed by atoms with Crippen LogP contribution in [0.1, 0.15) is 97.9 Å². The van der Waals surface area contributed by atoms with Gasteiger partial charge in [0.15, 0.2) is 0 Å². The van der Waals surface area contributed by atoms with E-state index in [1.807, 2.05) is 0 Å². The topological polar surface area (TPSA) is 0 Å². The Morgan fingerprint density at radius 3 is 1.25 bits per heavy atom. The Morgan fingerprint density at radius 2 is 0.917 bits per heavy atom. The zero-order valence-corrected chi connectivity index (χ0v) is 24.8. The maximum atomic E-state index is 2.55. The van der Waals surface area contributed by atoms with Crippen LogP contribution in [0.3, 0.4) is 0 Å². The third kappa shape index (κ3) is 6.28. The molecule has 4 unspecified atom stereocenters. The summed E-state index contributed by atoms with van der Waals surface area (Å²) in [5.74, 6) is 1.32. The summed E-state index contributed by atoms with van der Waals surface area (Å²) in [6.07, 6.45) is 4.71. The van der Waals surface area contributed by atoms with E-state index in [4.69, 9.17) is 0 Å². The van der Waals surface area contributed by atoms with Gasteiger partial charge in [-0.25, -0.2) is 0 Å². The second-order valence-electron chi connectivity index (χ2n) is 12.3. The predicted molar refractivity (Wildman–Crippen MR) is 159 cm³/mol. The molecule has 0 bridgehead atoms. The second kappa shape index (κ2) is 12.1. The molecule has 0 aliphatic rings. The van der Waals surface area contributed by atoms with Crippen LogP contribution in [-0.4, -0.2) is 35.4 Å². The summed E-state index contributed by atoms with van der Waals surface area (Å²) in [7, 11) is 0. The number of aryl methyl sites for hydroxylation is 4. The molecule has 0 saturated heterocycles. The minimum absolute atomic E-state index is 0.0234. The third-order valence-electron chi connectivity index (χ3n) is 9.33. The molecule has 4 atom stereocenters. The summed E-state index contributed by atoms with van der Waals surface area (Å²) in [5, 5.41) is 0. The standard InChI is InChI=1S/C34H44.2Li/c1-9-23(3)18-33(31-16-14-25(5)27(7)20-31)29-12-11-13-30(22-29)34(19-24(4)10-2)32-17-15-26(6)28(8)21-32;;/h11-17,20-24H,9-10,18-19H2,1-8H3;;. The van der Waals surface area contributed by atoms with Crippen LogP contribution < -0.4 is 0 Å². The van der Waals surface area contributed by atoms with Crippen LogP contribution in [0, 0.1) is 39.5 Å². The van der Waals surface area contributed by atoms with E-state index in [1.165, 1.54) is 57.3 Å². The van der Waals surface area contributed by atoms with Gasteiger partial charge in [-0.05, 0) is 0 Å². The first-order valence-electron chi connectivity index (χ1n) is 14.2. The monoisotopic (exact) mass is 466 g/mol. The third-order valence-corrected chi connectivity index (χ3v) is 9.33. The van der Waals surface area contributed by atoms with Crippen molar-refractivity contribution in [3.8, 4) is 0 Å². The van der Waals surface area contributed by atoms with E-state index in [0.29, 0.717) is 11.8 Å². The molecule has 0 amide bonds. The van der Waals surface area contributed by atoms with Crippen molar-refractivity contribution in [1.29, 1.82) is 0 Å². The Bertz CT molecular complexity index is 1090. The Balaban J connectivity index is 2.21. The van der Waals surface area contributed by atoms with Crippen LogP contribution in [0.5, 0.6) is 0 Å². The molecule has 0 nitrogen and oxygen atoms in total. The van der Waals surface area contributed by atoms with Crippen molar-refractivity contribution in [2.24, 2.45) is 11.8 Å². The van der Waals surface area contributed by atoms with Gasteiger partial charge >= 0.3 is 242 Å². The summed E-state index contributed by atoms with van der Waals surface area (Å²) < 4.78 is -0.0469. The Morgan fingerprint density at radius 1 is 0.556 bits per heavy atom. The van der Waals surface area contributed by atoms with E-state index >= 15 is 0 Å². The first-order valence-corrected chi connectivity index (χ1v) is 14.2. The molecule has 0 radical (unpaired) electrons. The van der Waals surface area contributed by atoms with Crippen molar-refractivity contribution in [3.05, 3.63) is 105 Å². The summed E-state index contributed by atoms with van der Waals surface area (Å²) in [6, 6.07) is 23.9. The van der Waals surface area contributed by atoms with Crippen LogP contribution in [0.15, 0.2) is 60.7 Å². The van der Waals surface area contributed by atoms with E-state index in [-0.39, 0.29) is 8.18 Å². The van der Waals surface area contributed by atoms with E-state index in [1.54, 1.807) is 0 Å². The number of rotatable bonds is 10. The quantitative estimate of drug-likeness (QED) is 0.262. The van der Waals surface area contributed by atoms with E-state index in [9.17, 15) is 0 Å². The fourth-order valence-corrected chi connectivity index (χ4v) is 5.86. The summed E-state index contributed by atoms with van der Waals surface area (Å²) in [5.41, 5.74) is 11.3. The molecule has 3 aromatic carbocycles. The normalized spacial score (nSPS) is 16.8. The molecular weight excluding hydrogens is 422 g/mol. The molecule has 0 heterocycles. The molecule has 0 aromatic heterocycles. The van der Waals surface area contributed by atoms with Gasteiger partial charge < -0.3 is 0 Å². The maximum absolute atomic E-state index is 2.55. The van der Waals surface area contributed by atoms with Crippen LogP contribution in [0.25, 0.3) is 0 Å². The molecular formula is C34H44Li2. The summed E-state index contributed by atoms with van der Waals surface area (Å²) >= 11 is 4.95. The SMILES string of the molecule is [Li][C](CC(C)CC)(c1cccc([C]([Li])(CC(C)CC)c2ccc(C)c(C)c2)c1)c1ccc(C)c(C)c1. The van der Waals surface area contributed by atoms with Crippen LogP contribution >= 0.6 is 0 Å². The average molecular weight is 467 g/mol. The van der Waals surface area contributed by atoms with Crippen LogP contribution in [0.2, 0.25) is 0 Å². The van der Waals surface area contributed by atoms with Crippen molar-refractivity contribution in [2.45, 2.75) is 89.2 Å². The first kappa shape index (κ1) is 29.4. The van der Waals surface area contributed by atoms with Crippen molar-refractivity contribution in [1.82, 2.24) is 0 Å². The molecule has 0 aliphatic carbocycles. The van der Waals surface area contributed by atoms with Crippen molar-refractivity contribution >= 4 is 35.4 Å². The van der Waals surface area contributed by atoms with Gasteiger partial charge in [0.05, 0.1) is 0 Å². The molecule has 0 spiro atoms. The van der Waals surface area contributed by atoms with Gasteiger partial charge in [-0.1, -0.05) is 0 Å². The van der Waals surface area contributed by atoms with E-state index in [0.717, 1.165) is 12.8 Å². The fourth-order valence-electron chi connectivity index (χ4n) is 5.86. The molecule has 2 heteroatoms. The zero-order chi connectivity index (χ0) is 26.7. The summed E-state index contributed by atoms with van der Waals surface area (Å²) in [4.78, 5) is 0. The van der Waals surface area contributed by atoms with Gasteiger partial charge in [-0.3, -0.25) is 0 Å². The Labute approximate surface area is 240 Å². The molecule has 182 valence electrons. The molecule has 3 rings (SSSR count). The molecule has 0 aliphatic heterocycles. The van der Waals surface area contributed by atoms with Crippen LogP contribution in [0.4, 0.5) is 0 Å². The minimum atomic E-state index is -0.0234. The number of hydrogen-bond donors (Lipinski definition) is 0. The van der Waals surface area contributed by atoms with Crippen molar-refractivity contribution in [2.75, 3.05) is 0 Å². The van der Waals surface area contributed by atoms with Gasteiger partial charge in [0.2, 0.25) is 0 Å². The van der Waals surface area contributed by atoms with Crippen LogP contribution in [-0.2, 0) is 8.18 Å². The number of hydrogen-bond acceptors (Lipinski definition) is 0. The van der Waals surface area contributed by atoms with Gasteiger partial charge in [0, 0.05) is 0 Å². The van der Waals surface area contributed by atoms with Gasteiger partial charge in [0.1, 0.15) is 0 Å². The molecule has 3 aromatic rings. The summed E-state index contributed by atoms with van der Waals surface area (Å²) in [6.45, 7) is 18.4. The number of benzene rings is 3. The molecule has 0 fully saturated rings. The molecule has 0 N–H and O–H groups in total. The van der Waals surface area contributed by atoms with Gasteiger partial charge in [0.25, 0.3) is 0 Å². The van der Waals surface area contributed by atoms with Gasteiger partial charge in [-0.15, -0.1) is 0 Å². The van der Waals surface area contributed by atoms with E-state index in [2.05, 4.69) is 151 Å². The first-order chi connectivity index (χ1) is 16.9. The van der Waals surface area contributed by atoms with Crippen molar-refractivity contribution in [3.63, 3.8) is 0 Å². The second-order valence-corrected chi connectivity index (χ2v) is 12.3. The van der Waals surface area contributed by atoms with Gasteiger partial charge in [-0.2, -0.15) is 0 Å². The predicted octanol–water partition coefficient (Wildman–Crippen LogP) is 8.62. The molecule has 0 saturated carbocycles.